The summed E-state index contributed by atoms with van der Waals surface area (Å²) < 4.78 is 5.14. The zero-order chi connectivity index (χ0) is 11.4. The second-order valence-electron chi connectivity index (χ2n) is 4.19. The lowest BCUT2D eigenvalue weighted by atomic mass is 9.98. The second-order valence-corrected chi connectivity index (χ2v) is 4.19. The second kappa shape index (κ2) is 4.55. The Morgan fingerprint density at radius 3 is 2.14 bits per heavy atom. The summed E-state index contributed by atoms with van der Waals surface area (Å²) in [7, 11) is 1.57. The lowest BCUT2D eigenvalue weighted by molar-refractivity contribution is -0.163. The summed E-state index contributed by atoms with van der Waals surface area (Å²) in [4.78, 5) is 22.5. The van der Waals surface area contributed by atoms with Crippen LogP contribution in [0, 0.1) is 0 Å². The first-order valence-electron chi connectivity index (χ1n) is 4.70. The highest BCUT2D eigenvalue weighted by Gasteiger charge is 2.38. The minimum Gasteiger partial charge on any atom is -0.458 e. The predicted molar refractivity (Wildman–Crippen MR) is 54.0 cm³/mol. The molecule has 1 unspecified atom stereocenters. The van der Waals surface area contributed by atoms with E-state index in [4.69, 9.17) is 4.74 Å². The van der Waals surface area contributed by atoms with Crippen LogP contribution in [0.2, 0.25) is 0 Å². The summed E-state index contributed by atoms with van der Waals surface area (Å²) in [5.41, 5.74) is -1.77. The zero-order valence-corrected chi connectivity index (χ0v) is 9.51. The lowest BCUT2D eigenvalue weighted by Gasteiger charge is -2.28. The van der Waals surface area contributed by atoms with Crippen molar-refractivity contribution in [2.45, 2.75) is 45.3 Å². The van der Waals surface area contributed by atoms with Gasteiger partial charge in [0.1, 0.15) is 5.60 Å². The van der Waals surface area contributed by atoms with Crippen LogP contribution in [0.25, 0.3) is 0 Å². The number of carbonyl (C=O) groups is 2. The maximum atomic E-state index is 11.7. The molecule has 1 atom stereocenters. The van der Waals surface area contributed by atoms with Crippen molar-refractivity contribution >= 4 is 12.3 Å². The molecule has 0 saturated carbocycles. The van der Waals surface area contributed by atoms with Crippen molar-refractivity contribution in [3.05, 3.63) is 0 Å². The van der Waals surface area contributed by atoms with Gasteiger partial charge in [-0.05, 0) is 34.2 Å². The molecule has 0 rings (SSSR count). The van der Waals surface area contributed by atoms with E-state index in [9.17, 15) is 9.59 Å². The molecule has 0 aliphatic heterocycles. The van der Waals surface area contributed by atoms with E-state index in [1.54, 1.807) is 34.7 Å². The largest absolute Gasteiger partial charge is 0.458 e. The van der Waals surface area contributed by atoms with Gasteiger partial charge in [0.25, 0.3) is 0 Å². The molecule has 0 spiro atoms. The highest BCUT2D eigenvalue weighted by atomic mass is 16.6. The molecule has 14 heavy (non-hydrogen) atoms. The fraction of sp³-hybridized carbons (Fsp3) is 0.800. The molecule has 0 heterocycles. The quantitative estimate of drug-likeness (QED) is 0.417. The van der Waals surface area contributed by atoms with Crippen LogP contribution >= 0.6 is 0 Å². The molecule has 0 aromatic heterocycles. The van der Waals surface area contributed by atoms with Gasteiger partial charge in [-0.25, -0.2) is 4.79 Å². The van der Waals surface area contributed by atoms with Crippen LogP contribution < -0.4 is 5.32 Å². The summed E-state index contributed by atoms with van der Waals surface area (Å²) in [6.45, 7) is 7.07. The molecule has 0 bridgehead atoms. The highest BCUT2D eigenvalue weighted by Crippen LogP contribution is 2.15. The molecule has 0 saturated heterocycles. The van der Waals surface area contributed by atoms with Crippen molar-refractivity contribution in [2.24, 2.45) is 0 Å². The fourth-order valence-corrected chi connectivity index (χ4v) is 0.983. The minimum absolute atomic E-state index is 0.377. The Labute approximate surface area is 85.0 Å². The van der Waals surface area contributed by atoms with Gasteiger partial charge < -0.3 is 9.53 Å². The van der Waals surface area contributed by atoms with Gasteiger partial charge in [0.2, 0.25) is 0 Å². The van der Waals surface area contributed by atoms with Gasteiger partial charge in [0, 0.05) is 0 Å². The van der Waals surface area contributed by atoms with Crippen molar-refractivity contribution in [1.82, 2.24) is 5.32 Å². The molecule has 4 nitrogen and oxygen atoms in total. The molecule has 0 aromatic rings. The van der Waals surface area contributed by atoms with Crippen LogP contribution in [-0.4, -0.2) is 30.4 Å². The SMILES string of the molecule is CCC(C=O)(NC)C(=O)OC(C)(C)C. The lowest BCUT2D eigenvalue weighted by Crippen LogP contribution is -2.54. The Morgan fingerprint density at radius 1 is 1.43 bits per heavy atom. The maximum absolute atomic E-state index is 11.7. The monoisotopic (exact) mass is 201 g/mol. The molecule has 0 aliphatic rings. The van der Waals surface area contributed by atoms with E-state index < -0.39 is 17.1 Å². The molecule has 82 valence electrons. The first kappa shape index (κ1) is 13.1. The van der Waals surface area contributed by atoms with E-state index in [1.807, 2.05) is 0 Å². The first-order chi connectivity index (χ1) is 6.31. The number of aldehydes is 1. The third-order valence-corrected chi connectivity index (χ3v) is 1.97. The van der Waals surface area contributed by atoms with Crippen molar-refractivity contribution in [2.75, 3.05) is 7.05 Å². The van der Waals surface area contributed by atoms with E-state index in [0.717, 1.165) is 0 Å². The van der Waals surface area contributed by atoms with Crippen LogP contribution in [0.1, 0.15) is 34.1 Å². The molecule has 0 radical (unpaired) electrons. The summed E-state index contributed by atoms with van der Waals surface area (Å²) in [6, 6.07) is 0. The number of hydrogen-bond acceptors (Lipinski definition) is 4. The van der Waals surface area contributed by atoms with Gasteiger partial charge in [-0.3, -0.25) is 5.32 Å². The van der Waals surface area contributed by atoms with Crippen LogP contribution in [-0.2, 0) is 14.3 Å². The third kappa shape index (κ3) is 3.10. The minimum atomic E-state index is -1.20. The Hall–Kier alpha value is -0.900. The molecule has 0 aliphatic carbocycles. The summed E-state index contributed by atoms with van der Waals surface area (Å²) in [6.07, 6.45) is 0.975. The van der Waals surface area contributed by atoms with Crippen molar-refractivity contribution < 1.29 is 14.3 Å². The van der Waals surface area contributed by atoms with Gasteiger partial charge >= 0.3 is 5.97 Å². The molecule has 4 heteroatoms. The smallest absolute Gasteiger partial charge is 0.334 e. The van der Waals surface area contributed by atoms with E-state index in [2.05, 4.69) is 5.32 Å². The topological polar surface area (TPSA) is 55.4 Å². The highest BCUT2D eigenvalue weighted by molar-refractivity contribution is 5.98. The van der Waals surface area contributed by atoms with E-state index in [1.165, 1.54) is 0 Å². The van der Waals surface area contributed by atoms with Crippen LogP contribution in [0.3, 0.4) is 0 Å². The standard InChI is InChI=1S/C10H19NO3/c1-6-10(7-12,11-5)8(13)14-9(2,3)4/h7,11H,6H2,1-5H3. The average Bonchev–Trinajstić information content (AvgIpc) is 2.05. The van der Waals surface area contributed by atoms with Crippen LogP contribution in [0.15, 0.2) is 0 Å². The van der Waals surface area contributed by atoms with Gasteiger partial charge in [-0.15, -0.1) is 0 Å². The number of rotatable bonds is 4. The molecular formula is C10H19NO3. The molecule has 1 N–H and O–H groups in total. The number of hydrogen-bond donors (Lipinski definition) is 1. The number of esters is 1. The van der Waals surface area contributed by atoms with Crippen molar-refractivity contribution in [3.8, 4) is 0 Å². The molecule has 0 amide bonds. The zero-order valence-electron chi connectivity index (χ0n) is 9.51. The third-order valence-electron chi connectivity index (χ3n) is 1.97. The van der Waals surface area contributed by atoms with Crippen LogP contribution in [0.5, 0.6) is 0 Å². The summed E-state index contributed by atoms with van der Waals surface area (Å²) in [5, 5.41) is 2.69. The number of likely N-dealkylation sites (N-methyl/N-ethyl adjacent to an activating group) is 1. The Balaban J connectivity index is 4.70. The Morgan fingerprint density at radius 2 is 1.93 bits per heavy atom. The molecule has 0 aromatic carbocycles. The fourth-order valence-electron chi connectivity index (χ4n) is 0.983. The number of nitrogens with one attached hydrogen (secondary N) is 1. The normalized spacial score (nSPS) is 15.8. The van der Waals surface area contributed by atoms with Crippen LogP contribution in [0.4, 0.5) is 0 Å². The van der Waals surface area contributed by atoms with Crippen molar-refractivity contribution in [3.63, 3.8) is 0 Å². The summed E-state index contributed by atoms with van der Waals surface area (Å²) in [5.74, 6) is -0.523. The van der Waals surface area contributed by atoms with E-state index in [-0.39, 0.29) is 0 Å². The van der Waals surface area contributed by atoms with E-state index >= 15 is 0 Å². The Kier molecular flexibility index (Phi) is 4.26. The van der Waals surface area contributed by atoms with Crippen molar-refractivity contribution in [1.29, 1.82) is 0 Å². The summed E-state index contributed by atoms with van der Waals surface area (Å²) >= 11 is 0. The Bertz CT molecular complexity index is 214. The van der Waals surface area contributed by atoms with Gasteiger partial charge in [0.15, 0.2) is 11.8 Å². The maximum Gasteiger partial charge on any atom is 0.334 e. The number of carbonyl (C=O) groups excluding carboxylic acids is 2. The average molecular weight is 201 g/mol. The van der Waals surface area contributed by atoms with E-state index in [0.29, 0.717) is 12.7 Å². The van der Waals surface area contributed by atoms with Gasteiger partial charge in [0.05, 0.1) is 0 Å². The number of ether oxygens (including phenoxy) is 1. The first-order valence-corrected chi connectivity index (χ1v) is 4.70. The predicted octanol–water partition coefficient (Wildman–Crippen LogP) is 0.895. The molecular weight excluding hydrogens is 182 g/mol. The van der Waals surface area contributed by atoms with Gasteiger partial charge in [-0.2, -0.15) is 0 Å². The van der Waals surface area contributed by atoms with Gasteiger partial charge in [-0.1, -0.05) is 6.92 Å². The molecule has 0 fully saturated rings.